The number of nitrogens with one attached hydrogen (secondary N) is 2. The van der Waals surface area contributed by atoms with E-state index < -0.39 is 23.0 Å². The van der Waals surface area contributed by atoms with Crippen molar-refractivity contribution in [2.45, 2.75) is 25.8 Å². The molecule has 0 fully saturated rings. The molecule has 8 heteroatoms. The smallest absolute Gasteiger partial charge is 0.333 e. The lowest BCUT2D eigenvalue weighted by Crippen LogP contribution is -2.43. The minimum absolute atomic E-state index is 0.0178. The van der Waals surface area contributed by atoms with Gasteiger partial charge in [-0.15, -0.1) is 0 Å². The fraction of sp³-hybridized carbons (Fsp3) is 0.500. The number of carboxylic acids is 1. The van der Waals surface area contributed by atoms with Crippen LogP contribution in [0.5, 0.6) is 0 Å². The van der Waals surface area contributed by atoms with Gasteiger partial charge in [0.05, 0.1) is 0 Å². The molecule has 3 N–H and O–H groups in total. The van der Waals surface area contributed by atoms with Crippen molar-refractivity contribution in [3.05, 3.63) is 31.5 Å². The fourth-order valence-corrected chi connectivity index (χ4v) is 1.20. The van der Waals surface area contributed by atoms with E-state index in [1.165, 1.54) is 0 Å². The lowest BCUT2D eigenvalue weighted by atomic mass is 10.2. The van der Waals surface area contributed by atoms with E-state index in [4.69, 9.17) is 5.11 Å². The minimum atomic E-state index is -0.928. The van der Waals surface area contributed by atoms with Gasteiger partial charge in [-0.3, -0.25) is 14.8 Å². The number of hydrogen-bond donors (Lipinski definition) is 3. The summed E-state index contributed by atoms with van der Waals surface area (Å²) in [6.07, 6.45) is 0.720. The van der Waals surface area contributed by atoms with Crippen molar-refractivity contribution in [3.63, 3.8) is 0 Å². The molecule has 88 valence electrons. The number of nitrogens with zero attached hydrogens (tertiary/aromatic N) is 1. The molecule has 0 amide bonds. The second-order valence-corrected chi connectivity index (χ2v) is 3.19. The van der Waals surface area contributed by atoms with Crippen LogP contribution < -0.4 is 17.1 Å². The lowest BCUT2D eigenvalue weighted by Gasteiger charge is -2.01. The lowest BCUT2D eigenvalue weighted by molar-refractivity contribution is -0.137. The van der Waals surface area contributed by atoms with Gasteiger partial charge < -0.3 is 5.11 Å². The molecule has 0 saturated carbocycles. The second-order valence-electron chi connectivity index (χ2n) is 3.19. The van der Waals surface area contributed by atoms with Crippen molar-refractivity contribution in [2.24, 2.45) is 0 Å². The molecule has 0 aromatic carbocycles. The van der Waals surface area contributed by atoms with Crippen LogP contribution in [0.3, 0.4) is 0 Å². The SMILES string of the molecule is O=C(O)CCCCn1c(=O)[nH]c(=O)[nH]c1=O. The quantitative estimate of drug-likeness (QED) is 0.529. The normalized spacial score (nSPS) is 10.2. The number of aromatic nitrogens is 3. The second kappa shape index (κ2) is 5.10. The average Bonchev–Trinajstić information content (AvgIpc) is 2.14. The highest BCUT2D eigenvalue weighted by molar-refractivity contribution is 5.66. The highest BCUT2D eigenvalue weighted by atomic mass is 16.4. The number of rotatable bonds is 5. The molecule has 0 unspecified atom stereocenters. The Morgan fingerprint density at radius 1 is 1.12 bits per heavy atom. The van der Waals surface area contributed by atoms with Gasteiger partial charge in [-0.25, -0.2) is 19.0 Å². The van der Waals surface area contributed by atoms with Crippen LogP contribution >= 0.6 is 0 Å². The first kappa shape index (κ1) is 12.0. The van der Waals surface area contributed by atoms with Gasteiger partial charge in [0.2, 0.25) is 0 Å². The third-order valence-corrected chi connectivity index (χ3v) is 1.95. The van der Waals surface area contributed by atoms with Crippen molar-refractivity contribution in [1.29, 1.82) is 0 Å². The van der Waals surface area contributed by atoms with Crippen LogP contribution in [-0.4, -0.2) is 25.6 Å². The maximum absolute atomic E-state index is 11.2. The van der Waals surface area contributed by atoms with Gasteiger partial charge in [-0.1, -0.05) is 0 Å². The zero-order valence-corrected chi connectivity index (χ0v) is 8.36. The van der Waals surface area contributed by atoms with Crippen LogP contribution in [0, 0.1) is 0 Å². The van der Waals surface area contributed by atoms with Crippen molar-refractivity contribution < 1.29 is 9.90 Å². The highest BCUT2D eigenvalue weighted by Crippen LogP contribution is 1.95. The molecule has 0 spiro atoms. The van der Waals surface area contributed by atoms with Crippen LogP contribution in [0.4, 0.5) is 0 Å². The molecule has 0 atom stereocenters. The van der Waals surface area contributed by atoms with Crippen LogP contribution in [0.2, 0.25) is 0 Å². The third-order valence-electron chi connectivity index (χ3n) is 1.95. The van der Waals surface area contributed by atoms with Gasteiger partial charge in [0.1, 0.15) is 0 Å². The largest absolute Gasteiger partial charge is 0.481 e. The fourth-order valence-electron chi connectivity index (χ4n) is 1.20. The van der Waals surface area contributed by atoms with E-state index in [1.54, 1.807) is 0 Å². The number of carboxylic acid groups (broad SMARTS) is 1. The monoisotopic (exact) mass is 229 g/mol. The van der Waals surface area contributed by atoms with Gasteiger partial charge in [0, 0.05) is 13.0 Å². The summed E-state index contributed by atoms with van der Waals surface area (Å²) in [5.41, 5.74) is -2.43. The molecule has 1 rings (SSSR count). The van der Waals surface area contributed by atoms with E-state index in [0.29, 0.717) is 12.8 Å². The number of unbranched alkanes of at least 4 members (excludes halogenated alkanes) is 1. The third kappa shape index (κ3) is 3.23. The Hall–Kier alpha value is -2.12. The van der Waals surface area contributed by atoms with Gasteiger partial charge in [-0.2, -0.15) is 0 Å². The Balaban J connectivity index is 2.68. The predicted molar refractivity (Wildman–Crippen MR) is 53.4 cm³/mol. The minimum Gasteiger partial charge on any atom is -0.481 e. The molecule has 1 aromatic rings. The van der Waals surface area contributed by atoms with Crippen LogP contribution in [0.25, 0.3) is 0 Å². The van der Waals surface area contributed by atoms with E-state index >= 15 is 0 Å². The average molecular weight is 229 g/mol. The molecule has 1 aromatic heterocycles. The summed E-state index contributed by atoms with van der Waals surface area (Å²) in [7, 11) is 0. The molecule has 0 saturated heterocycles. The topological polar surface area (TPSA) is 125 Å². The Labute approximate surface area is 88.6 Å². The standard InChI is InChI=1S/C8H11N3O5/c12-5(13)3-1-2-4-11-7(15)9-6(14)10-8(11)16/h1-4H2,(H,12,13)(H2,9,10,14,15,16). The summed E-state index contributed by atoms with van der Waals surface area (Å²) in [4.78, 5) is 47.0. The van der Waals surface area contributed by atoms with Crippen molar-refractivity contribution in [3.8, 4) is 0 Å². The number of aromatic amines is 2. The van der Waals surface area contributed by atoms with E-state index in [1.807, 2.05) is 9.97 Å². The molecular weight excluding hydrogens is 218 g/mol. The first-order valence-electron chi connectivity index (χ1n) is 4.66. The van der Waals surface area contributed by atoms with Crippen molar-refractivity contribution in [1.82, 2.24) is 14.5 Å². The molecule has 0 aliphatic carbocycles. The molecule has 8 nitrogen and oxygen atoms in total. The number of aliphatic carboxylic acids is 1. The maximum Gasteiger partial charge on any atom is 0.333 e. The summed E-state index contributed by atoms with van der Waals surface area (Å²) in [5.74, 6) is -0.928. The molecule has 0 radical (unpaired) electrons. The zero-order chi connectivity index (χ0) is 12.1. The predicted octanol–water partition coefficient (Wildman–Crippen LogP) is -1.52. The Morgan fingerprint density at radius 2 is 1.69 bits per heavy atom. The number of H-pyrrole nitrogens is 2. The summed E-state index contributed by atoms with van der Waals surface area (Å²) in [6, 6.07) is 0. The molecule has 0 aliphatic heterocycles. The Morgan fingerprint density at radius 3 is 2.19 bits per heavy atom. The maximum atomic E-state index is 11.2. The van der Waals surface area contributed by atoms with Crippen molar-refractivity contribution >= 4 is 5.97 Å². The van der Waals surface area contributed by atoms with Gasteiger partial charge in [0.15, 0.2) is 0 Å². The van der Waals surface area contributed by atoms with Crippen LogP contribution in [-0.2, 0) is 11.3 Å². The summed E-state index contributed by atoms with van der Waals surface area (Å²) in [5, 5.41) is 8.37. The first-order chi connectivity index (χ1) is 7.50. The van der Waals surface area contributed by atoms with Crippen molar-refractivity contribution in [2.75, 3.05) is 0 Å². The molecule has 0 bridgehead atoms. The summed E-state index contributed by atoms with van der Waals surface area (Å²) >= 11 is 0. The molecule has 0 aliphatic rings. The highest BCUT2D eigenvalue weighted by Gasteiger charge is 2.03. The summed E-state index contributed by atoms with van der Waals surface area (Å²) < 4.78 is 0.823. The van der Waals surface area contributed by atoms with E-state index in [-0.39, 0.29) is 13.0 Å². The van der Waals surface area contributed by atoms with Gasteiger partial charge in [0.25, 0.3) is 0 Å². The van der Waals surface area contributed by atoms with E-state index in [0.717, 1.165) is 4.57 Å². The van der Waals surface area contributed by atoms with E-state index in [9.17, 15) is 19.2 Å². The number of carbonyl (C=O) groups is 1. The van der Waals surface area contributed by atoms with Gasteiger partial charge >= 0.3 is 23.0 Å². The van der Waals surface area contributed by atoms with Crippen LogP contribution in [0.1, 0.15) is 19.3 Å². The zero-order valence-electron chi connectivity index (χ0n) is 8.36. The molecule has 16 heavy (non-hydrogen) atoms. The first-order valence-corrected chi connectivity index (χ1v) is 4.66. The van der Waals surface area contributed by atoms with Crippen LogP contribution in [0.15, 0.2) is 14.4 Å². The number of hydrogen-bond acceptors (Lipinski definition) is 4. The van der Waals surface area contributed by atoms with Gasteiger partial charge in [-0.05, 0) is 12.8 Å². The molecule has 1 heterocycles. The van der Waals surface area contributed by atoms with E-state index in [2.05, 4.69) is 0 Å². The Kier molecular flexibility index (Phi) is 3.81. The molecular formula is C8H11N3O5. The summed E-state index contributed by atoms with van der Waals surface area (Å²) in [6.45, 7) is 0.0816. The Bertz CT molecular complexity index is 503.